The Morgan fingerprint density at radius 2 is 1.78 bits per heavy atom. The van der Waals surface area contributed by atoms with E-state index in [0.717, 1.165) is 5.75 Å². The van der Waals surface area contributed by atoms with Crippen molar-refractivity contribution in [3.8, 4) is 11.5 Å². The number of rotatable bonds is 8. The van der Waals surface area contributed by atoms with Crippen molar-refractivity contribution < 1.29 is 22.7 Å². The predicted octanol–water partition coefficient (Wildman–Crippen LogP) is 1.10. The number of hydrogen-bond donors (Lipinski definition) is 1. The number of hydrogen-bond acceptors (Lipinski definition) is 5. The zero-order chi connectivity index (χ0) is 20.0. The van der Waals surface area contributed by atoms with Gasteiger partial charge in [0, 0.05) is 33.1 Å². The highest BCUT2D eigenvalue weighted by atomic mass is 32.2. The van der Waals surface area contributed by atoms with Crippen LogP contribution in [0.3, 0.4) is 0 Å². The lowest BCUT2D eigenvalue weighted by Crippen LogP contribution is -2.48. The normalized spacial score (nSPS) is 17.5. The molecular weight excluding hydrogens is 370 g/mol. The second-order valence-corrected chi connectivity index (χ2v) is 9.00. The van der Waals surface area contributed by atoms with Gasteiger partial charge in [-0.15, -0.1) is 0 Å². The first kappa shape index (κ1) is 21.5. The number of nitrogens with one attached hydrogen (secondary N) is 1. The average molecular weight is 400 g/mol. The topological polar surface area (TPSA) is 88.2 Å². The molecule has 0 aromatic heterocycles. The Morgan fingerprint density at radius 1 is 1.22 bits per heavy atom. The van der Waals surface area contributed by atoms with E-state index in [1.54, 1.807) is 7.11 Å². The van der Waals surface area contributed by atoms with Crippen molar-refractivity contribution in [2.24, 2.45) is 5.92 Å². The molecule has 1 heterocycles. The third-order valence-corrected chi connectivity index (χ3v) is 6.50. The molecule has 8 nitrogen and oxygen atoms in total. The number of piperidine rings is 1. The Hall–Kier alpha value is -1.84. The molecule has 1 aromatic rings. The molecule has 1 N–H and O–H groups in total. The van der Waals surface area contributed by atoms with Crippen LogP contribution in [0.25, 0.3) is 0 Å². The molecule has 1 aromatic carbocycles. The largest absolute Gasteiger partial charge is 0.497 e. The SMILES string of the molecule is COc1ccc(OC[C@@H](C)NC(=O)C2CCN(S(=O)(=O)N(C)C)CC2)cc1. The maximum absolute atomic E-state index is 12.4. The predicted molar refractivity (Wildman–Crippen MR) is 103 cm³/mol. The summed E-state index contributed by atoms with van der Waals surface area (Å²) >= 11 is 0. The fourth-order valence-electron chi connectivity index (χ4n) is 2.88. The van der Waals surface area contributed by atoms with Crippen LogP contribution in [0.5, 0.6) is 11.5 Å². The van der Waals surface area contributed by atoms with E-state index in [2.05, 4.69) is 5.32 Å². The van der Waals surface area contributed by atoms with Crippen LogP contribution < -0.4 is 14.8 Å². The van der Waals surface area contributed by atoms with Gasteiger partial charge in [0.15, 0.2) is 0 Å². The summed E-state index contributed by atoms with van der Waals surface area (Å²) in [6.45, 7) is 2.95. The van der Waals surface area contributed by atoms with Gasteiger partial charge in [-0.05, 0) is 44.0 Å². The summed E-state index contributed by atoms with van der Waals surface area (Å²) in [5, 5.41) is 2.95. The van der Waals surface area contributed by atoms with Crippen molar-refractivity contribution in [3.05, 3.63) is 24.3 Å². The molecule has 1 aliphatic heterocycles. The van der Waals surface area contributed by atoms with Crippen molar-refractivity contribution in [3.63, 3.8) is 0 Å². The molecule has 1 saturated heterocycles. The van der Waals surface area contributed by atoms with Gasteiger partial charge in [0.1, 0.15) is 18.1 Å². The summed E-state index contributed by atoms with van der Waals surface area (Å²) in [5.74, 6) is 1.23. The van der Waals surface area contributed by atoms with Crippen LogP contribution >= 0.6 is 0 Å². The summed E-state index contributed by atoms with van der Waals surface area (Å²) in [5.41, 5.74) is 0. The molecule has 0 saturated carbocycles. The number of nitrogens with zero attached hydrogens (tertiary/aromatic N) is 2. The van der Waals surface area contributed by atoms with E-state index in [1.165, 1.54) is 22.7 Å². The van der Waals surface area contributed by atoms with E-state index in [0.29, 0.717) is 38.3 Å². The highest BCUT2D eigenvalue weighted by Crippen LogP contribution is 2.21. The first-order valence-electron chi connectivity index (χ1n) is 8.99. The second-order valence-electron chi connectivity index (χ2n) is 6.86. The lowest BCUT2D eigenvalue weighted by atomic mass is 9.97. The van der Waals surface area contributed by atoms with Crippen LogP contribution in [0.1, 0.15) is 19.8 Å². The van der Waals surface area contributed by atoms with Crippen molar-refractivity contribution >= 4 is 16.1 Å². The van der Waals surface area contributed by atoms with Gasteiger partial charge >= 0.3 is 0 Å². The van der Waals surface area contributed by atoms with E-state index in [-0.39, 0.29) is 17.9 Å². The molecule has 27 heavy (non-hydrogen) atoms. The molecule has 1 amide bonds. The molecule has 152 valence electrons. The van der Waals surface area contributed by atoms with Gasteiger partial charge in [-0.25, -0.2) is 0 Å². The summed E-state index contributed by atoms with van der Waals surface area (Å²) in [6, 6.07) is 7.10. The van der Waals surface area contributed by atoms with Gasteiger partial charge in [0.05, 0.1) is 13.2 Å². The van der Waals surface area contributed by atoms with E-state index in [4.69, 9.17) is 9.47 Å². The Balaban J connectivity index is 1.76. The van der Waals surface area contributed by atoms with Gasteiger partial charge in [-0.1, -0.05) is 0 Å². The molecule has 1 fully saturated rings. The number of carbonyl (C=O) groups excluding carboxylic acids is 1. The zero-order valence-electron chi connectivity index (χ0n) is 16.3. The van der Waals surface area contributed by atoms with Crippen LogP contribution in [0.15, 0.2) is 24.3 Å². The minimum absolute atomic E-state index is 0.0530. The fourth-order valence-corrected chi connectivity index (χ4v) is 4.01. The molecule has 1 aliphatic rings. The Bertz CT molecular complexity index is 713. The molecule has 1 atom stereocenters. The smallest absolute Gasteiger partial charge is 0.281 e. The fraction of sp³-hybridized carbons (Fsp3) is 0.611. The number of carbonyl (C=O) groups is 1. The van der Waals surface area contributed by atoms with Gasteiger partial charge < -0.3 is 14.8 Å². The minimum Gasteiger partial charge on any atom is -0.497 e. The summed E-state index contributed by atoms with van der Waals surface area (Å²) in [4.78, 5) is 12.4. The number of benzene rings is 1. The molecule has 0 radical (unpaired) electrons. The first-order chi connectivity index (χ1) is 12.7. The third-order valence-electron chi connectivity index (χ3n) is 4.56. The van der Waals surface area contributed by atoms with Crippen molar-refractivity contribution in [2.45, 2.75) is 25.8 Å². The minimum atomic E-state index is -3.41. The molecule has 2 rings (SSSR count). The van der Waals surface area contributed by atoms with E-state index >= 15 is 0 Å². The van der Waals surface area contributed by atoms with Gasteiger partial charge in [-0.3, -0.25) is 4.79 Å². The lowest BCUT2D eigenvalue weighted by molar-refractivity contribution is -0.126. The third kappa shape index (κ3) is 5.82. The molecule has 0 bridgehead atoms. The molecule has 0 aliphatic carbocycles. The van der Waals surface area contributed by atoms with Gasteiger partial charge in [0.25, 0.3) is 10.2 Å². The van der Waals surface area contributed by atoms with Crippen LogP contribution in [0.2, 0.25) is 0 Å². The molecule has 9 heteroatoms. The van der Waals surface area contributed by atoms with Crippen molar-refractivity contribution in [1.29, 1.82) is 0 Å². The average Bonchev–Trinajstić information content (AvgIpc) is 2.66. The maximum atomic E-state index is 12.4. The zero-order valence-corrected chi connectivity index (χ0v) is 17.2. The molecular formula is C18H29N3O5S. The monoisotopic (exact) mass is 399 g/mol. The Morgan fingerprint density at radius 3 is 2.30 bits per heavy atom. The highest BCUT2D eigenvalue weighted by molar-refractivity contribution is 7.86. The standard InChI is InChI=1S/C18H29N3O5S/c1-14(13-26-17-7-5-16(25-4)6-8-17)19-18(22)15-9-11-21(12-10-15)27(23,24)20(2)3/h5-8,14-15H,9-13H2,1-4H3,(H,19,22)/t14-/m1/s1. The first-order valence-corrected chi connectivity index (χ1v) is 10.4. The number of amides is 1. The van der Waals surface area contributed by atoms with Crippen LogP contribution in [-0.2, 0) is 15.0 Å². The van der Waals surface area contributed by atoms with E-state index < -0.39 is 10.2 Å². The summed E-state index contributed by atoms with van der Waals surface area (Å²) in [7, 11) is 1.22. The Labute approximate surface area is 161 Å². The van der Waals surface area contributed by atoms with E-state index in [9.17, 15) is 13.2 Å². The maximum Gasteiger partial charge on any atom is 0.281 e. The van der Waals surface area contributed by atoms with Crippen LogP contribution in [-0.4, -0.2) is 69.9 Å². The van der Waals surface area contributed by atoms with Gasteiger partial charge in [0.2, 0.25) is 5.91 Å². The van der Waals surface area contributed by atoms with Crippen molar-refractivity contribution in [2.75, 3.05) is 40.9 Å². The highest BCUT2D eigenvalue weighted by Gasteiger charge is 2.32. The van der Waals surface area contributed by atoms with Gasteiger partial charge in [-0.2, -0.15) is 17.0 Å². The van der Waals surface area contributed by atoms with Crippen molar-refractivity contribution in [1.82, 2.24) is 13.9 Å². The quantitative estimate of drug-likeness (QED) is 0.707. The number of ether oxygens (including phenoxy) is 2. The Kier molecular flexibility index (Phi) is 7.46. The summed E-state index contributed by atoms with van der Waals surface area (Å²) in [6.07, 6.45) is 1.04. The van der Waals surface area contributed by atoms with E-state index in [1.807, 2.05) is 31.2 Å². The molecule has 0 spiro atoms. The van der Waals surface area contributed by atoms with Crippen LogP contribution in [0.4, 0.5) is 0 Å². The van der Waals surface area contributed by atoms with Crippen LogP contribution in [0, 0.1) is 5.92 Å². The summed E-state index contributed by atoms with van der Waals surface area (Å²) < 4.78 is 37.7. The lowest BCUT2D eigenvalue weighted by Gasteiger charge is -2.32. The number of methoxy groups -OCH3 is 1. The molecule has 0 unspecified atom stereocenters. The second kappa shape index (κ2) is 9.38.